The van der Waals surface area contributed by atoms with Crippen molar-refractivity contribution in [3.8, 4) is 0 Å². The van der Waals surface area contributed by atoms with Crippen LogP contribution in [0.3, 0.4) is 0 Å². The summed E-state index contributed by atoms with van der Waals surface area (Å²) in [6.07, 6.45) is 1.26. The van der Waals surface area contributed by atoms with E-state index in [1.807, 2.05) is 35.7 Å². The maximum atomic E-state index is 12.4. The average Bonchev–Trinajstić information content (AvgIpc) is 3.02. The number of nitrogens with zero attached hydrogens (tertiary/aromatic N) is 1. The second-order valence-corrected chi connectivity index (χ2v) is 8.32. The van der Waals surface area contributed by atoms with Crippen molar-refractivity contribution in [2.45, 2.75) is 57.9 Å². The maximum Gasteiger partial charge on any atom is 0.303 e. The molecule has 0 aliphatic heterocycles. The third-order valence-electron chi connectivity index (χ3n) is 3.93. The van der Waals surface area contributed by atoms with E-state index in [1.165, 1.54) is 0 Å². The van der Waals surface area contributed by atoms with Gasteiger partial charge in [-0.3, -0.25) is 9.59 Å². The van der Waals surface area contributed by atoms with Crippen LogP contribution in [-0.4, -0.2) is 28.0 Å². The van der Waals surface area contributed by atoms with Gasteiger partial charge in [-0.05, 0) is 18.4 Å². The summed E-state index contributed by atoms with van der Waals surface area (Å²) < 4.78 is 0. The Labute approximate surface area is 158 Å². The zero-order valence-electron chi connectivity index (χ0n) is 15.5. The molecule has 0 fully saturated rings. The summed E-state index contributed by atoms with van der Waals surface area (Å²) in [6, 6.07) is 9.57. The molecule has 0 aliphatic rings. The van der Waals surface area contributed by atoms with Crippen molar-refractivity contribution in [1.82, 2.24) is 10.3 Å². The largest absolute Gasteiger partial charge is 0.481 e. The zero-order valence-corrected chi connectivity index (χ0v) is 16.3. The second-order valence-electron chi connectivity index (χ2n) is 7.46. The molecule has 1 atom stereocenters. The summed E-state index contributed by atoms with van der Waals surface area (Å²) in [7, 11) is 0. The van der Waals surface area contributed by atoms with Crippen LogP contribution in [0.15, 0.2) is 35.7 Å². The normalized spacial score (nSPS) is 12.6. The molecule has 6 heteroatoms. The number of thiazole rings is 1. The van der Waals surface area contributed by atoms with Crippen LogP contribution in [0.1, 0.15) is 49.9 Å². The molecule has 0 bridgehead atoms. The van der Waals surface area contributed by atoms with Gasteiger partial charge in [0, 0.05) is 23.3 Å². The van der Waals surface area contributed by atoms with Crippen LogP contribution in [0.4, 0.5) is 0 Å². The van der Waals surface area contributed by atoms with Crippen LogP contribution in [-0.2, 0) is 27.8 Å². The van der Waals surface area contributed by atoms with Crippen LogP contribution in [0.5, 0.6) is 0 Å². The Balaban J connectivity index is 1.98. The number of carboxylic acids is 1. The van der Waals surface area contributed by atoms with Crippen LogP contribution in [0, 0.1) is 0 Å². The Kier molecular flexibility index (Phi) is 6.91. The van der Waals surface area contributed by atoms with E-state index in [-0.39, 0.29) is 30.2 Å². The lowest BCUT2D eigenvalue weighted by Crippen LogP contribution is -2.37. The quantitative estimate of drug-likeness (QED) is 0.740. The van der Waals surface area contributed by atoms with E-state index in [1.54, 1.807) is 11.3 Å². The molecule has 0 radical (unpaired) electrons. The molecule has 1 aromatic heterocycles. The molecule has 140 valence electrons. The first-order valence-corrected chi connectivity index (χ1v) is 9.62. The molecule has 0 spiro atoms. The first kappa shape index (κ1) is 20.1. The van der Waals surface area contributed by atoms with Gasteiger partial charge >= 0.3 is 5.97 Å². The fraction of sp³-hybridized carbons (Fsp3) is 0.450. The molecule has 1 heterocycles. The van der Waals surface area contributed by atoms with Crippen LogP contribution >= 0.6 is 11.3 Å². The third-order valence-corrected chi connectivity index (χ3v) is 5.25. The molecule has 2 N–H and O–H groups in total. The summed E-state index contributed by atoms with van der Waals surface area (Å²) in [6.45, 7) is 6.28. The van der Waals surface area contributed by atoms with E-state index in [4.69, 9.17) is 5.11 Å². The number of aromatic nitrogens is 1. The molecule has 1 aromatic carbocycles. The SMILES string of the molecule is CC(C)(C)c1nc(CC(=O)NC(CCC(=O)O)Cc2ccccc2)cs1. The third kappa shape index (κ3) is 6.59. The van der Waals surface area contributed by atoms with Crippen molar-refractivity contribution in [3.05, 3.63) is 52.0 Å². The molecule has 0 saturated heterocycles. The summed E-state index contributed by atoms with van der Waals surface area (Å²) in [4.78, 5) is 27.9. The van der Waals surface area contributed by atoms with Gasteiger partial charge in [-0.15, -0.1) is 11.3 Å². The maximum absolute atomic E-state index is 12.4. The van der Waals surface area contributed by atoms with Gasteiger partial charge in [0.05, 0.1) is 17.1 Å². The Hall–Kier alpha value is -2.21. The molecule has 26 heavy (non-hydrogen) atoms. The minimum atomic E-state index is -0.855. The van der Waals surface area contributed by atoms with E-state index < -0.39 is 5.97 Å². The number of nitrogens with one attached hydrogen (secondary N) is 1. The average molecular weight is 375 g/mol. The molecule has 2 rings (SSSR count). The fourth-order valence-corrected chi connectivity index (χ4v) is 3.50. The Morgan fingerprint density at radius 3 is 2.50 bits per heavy atom. The number of aliphatic carboxylic acids is 1. The molecular weight excluding hydrogens is 348 g/mol. The number of benzene rings is 1. The molecule has 1 amide bonds. The minimum Gasteiger partial charge on any atom is -0.481 e. The summed E-state index contributed by atoms with van der Waals surface area (Å²) in [5, 5.41) is 14.9. The lowest BCUT2D eigenvalue weighted by Gasteiger charge is -2.18. The Morgan fingerprint density at radius 2 is 1.92 bits per heavy atom. The summed E-state index contributed by atoms with van der Waals surface area (Å²) >= 11 is 1.57. The van der Waals surface area contributed by atoms with E-state index in [9.17, 15) is 9.59 Å². The predicted octanol–water partition coefficient (Wildman–Crippen LogP) is 3.58. The standard InChI is InChI=1S/C20H26N2O3S/c1-20(2,3)19-22-16(13-26-19)12-17(23)21-15(9-10-18(24)25)11-14-7-5-4-6-8-14/h4-8,13,15H,9-12H2,1-3H3,(H,21,23)(H,24,25). The van der Waals surface area contributed by atoms with Gasteiger partial charge in [0.2, 0.25) is 5.91 Å². The van der Waals surface area contributed by atoms with E-state index in [0.29, 0.717) is 12.8 Å². The Morgan fingerprint density at radius 1 is 1.23 bits per heavy atom. The van der Waals surface area contributed by atoms with Gasteiger partial charge < -0.3 is 10.4 Å². The highest BCUT2D eigenvalue weighted by Crippen LogP contribution is 2.25. The van der Waals surface area contributed by atoms with Crippen molar-refractivity contribution in [1.29, 1.82) is 0 Å². The van der Waals surface area contributed by atoms with Crippen LogP contribution < -0.4 is 5.32 Å². The monoisotopic (exact) mass is 374 g/mol. The Bertz CT molecular complexity index is 735. The smallest absolute Gasteiger partial charge is 0.303 e. The van der Waals surface area contributed by atoms with Gasteiger partial charge in [0.15, 0.2) is 0 Å². The number of carbonyl (C=O) groups is 2. The van der Waals surface area contributed by atoms with E-state index in [0.717, 1.165) is 16.3 Å². The molecule has 0 aliphatic carbocycles. The van der Waals surface area contributed by atoms with Crippen molar-refractivity contribution in [2.75, 3.05) is 0 Å². The first-order valence-electron chi connectivity index (χ1n) is 8.74. The number of carbonyl (C=O) groups excluding carboxylic acids is 1. The topological polar surface area (TPSA) is 79.3 Å². The van der Waals surface area contributed by atoms with Crippen LogP contribution in [0.25, 0.3) is 0 Å². The molecular formula is C20H26N2O3S. The fourth-order valence-electron chi connectivity index (χ4n) is 2.60. The minimum absolute atomic E-state index is 0.0304. The number of hydrogen-bond donors (Lipinski definition) is 2. The van der Waals surface area contributed by atoms with Crippen molar-refractivity contribution in [3.63, 3.8) is 0 Å². The van der Waals surface area contributed by atoms with E-state index >= 15 is 0 Å². The summed E-state index contributed by atoms with van der Waals surface area (Å²) in [5.74, 6) is -0.978. The number of rotatable bonds is 8. The molecule has 5 nitrogen and oxygen atoms in total. The zero-order chi connectivity index (χ0) is 19.2. The van der Waals surface area contributed by atoms with Gasteiger partial charge in [-0.25, -0.2) is 4.98 Å². The lowest BCUT2D eigenvalue weighted by molar-refractivity contribution is -0.137. The number of carboxylic acid groups (broad SMARTS) is 1. The lowest BCUT2D eigenvalue weighted by atomic mass is 9.98. The highest BCUT2D eigenvalue weighted by molar-refractivity contribution is 7.09. The predicted molar refractivity (Wildman–Crippen MR) is 103 cm³/mol. The first-order chi connectivity index (χ1) is 12.2. The number of hydrogen-bond acceptors (Lipinski definition) is 4. The molecule has 1 unspecified atom stereocenters. The van der Waals surface area contributed by atoms with Gasteiger partial charge in [-0.1, -0.05) is 51.1 Å². The van der Waals surface area contributed by atoms with Gasteiger partial charge in [0.25, 0.3) is 0 Å². The van der Waals surface area contributed by atoms with Crippen molar-refractivity contribution < 1.29 is 14.7 Å². The van der Waals surface area contributed by atoms with Gasteiger partial charge in [0.1, 0.15) is 0 Å². The van der Waals surface area contributed by atoms with Crippen LogP contribution in [0.2, 0.25) is 0 Å². The highest BCUT2D eigenvalue weighted by Gasteiger charge is 2.20. The summed E-state index contributed by atoms with van der Waals surface area (Å²) in [5.41, 5.74) is 1.80. The highest BCUT2D eigenvalue weighted by atomic mass is 32.1. The second kappa shape index (κ2) is 8.94. The van der Waals surface area contributed by atoms with Gasteiger partial charge in [-0.2, -0.15) is 0 Å². The van der Waals surface area contributed by atoms with Crippen molar-refractivity contribution >= 4 is 23.2 Å². The van der Waals surface area contributed by atoms with E-state index in [2.05, 4.69) is 31.1 Å². The number of amides is 1. The molecule has 0 saturated carbocycles. The molecule has 2 aromatic rings. The van der Waals surface area contributed by atoms with Crippen molar-refractivity contribution in [2.24, 2.45) is 0 Å².